The van der Waals surface area contributed by atoms with Gasteiger partial charge in [-0.2, -0.15) is 72.3 Å². The van der Waals surface area contributed by atoms with Crippen LogP contribution in [0.15, 0.2) is 29.1 Å². The number of thiol groups is 2. The first-order valence-electron chi connectivity index (χ1n) is 14.8. The summed E-state index contributed by atoms with van der Waals surface area (Å²) >= 11 is 15.9. The van der Waals surface area contributed by atoms with E-state index >= 15 is 0 Å². The van der Waals surface area contributed by atoms with Gasteiger partial charge in [0.1, 0.15) is 0 Å². The average molecular weight is 699 g/mol. The molecule has 0 fully saturated rings. The van der Waals surface area contributed by atoms with Gasteiger partial charge in [-0.15, -0.1) is 0 Å². The number of ether oxygens (including phenoxy) is 4. The summed E-state index contributed by atoms with van der Waals surface area (Å²) in [6.07, 6.45) is 1.92. The van der Waals surface area contributed by atoms with Gasteiger partial charge in [-0.25, -0.2) is 4.79 Å². The van der Waals surface area contributed by atoms with Crippen molar-refractivity contribution in [1.82, 2.24) is 9.13 Å². The molecule has 0 spiro atoms. The van der Waals surface area contributed by atoms with Gasteiger partial charge in [0.15, 0.2) is 0 Å². The lowest BCUT2D eigenvalue weighted by Gasteiger charge is -2.07. The second-order valence-electron chi connectivity index (χ2n) is 9.13. The Morgan fingerprint density at radius 2 is 0.881 bits per heavy atom. The van der Waals surface area contributed by atoms with Crippen LogP contribution in [-0.4, -0.2) is 120 Å². The number of benzene rings is 1. The van der Waals surface area contributed by atoms with Crippen molar-refractivity contribution < 1.29 is 18.9 Å². The number of hydrogen-bond acceptors (Lipinski definition) is 11. The van der Waals surface area contributed by atoms with Crippen molar-refractivity contribution >= 4 is 83.3 Å². The summed E-state index contributed by atoms with van der Waals surface area (Å²) in [5.41, 5.74) is 2.16. The highest BCUT2D eigenvalue weighted by Crippen LogP contribution is 2.15. The van der Waals surface area contributed by atoms with Crippen LogP contribution >= 0.6 is 72.3 Å². The second-order valence-corrected chi connectivity index (χ2v) is 14.9. The van der Waals surface area contributed by atoms with Gasteiger partial charge in [-0.1, -0.05) is 12.1 Å². The minimum absolute atomic E-state index is 0.103. The van der Waals surface area contributed by atoms with Gasteiger partial charge in [-0.05, 0) is 48.0 Å². The minimum atomic E-state index is 0.103. The predicted octanol–water partition coefficient (Wildman–Crippen LogP) is 5.44. The van der Waals surface area contributed by atoms with Crippen LogP contribution < -0.4 is 5.69 Å². The van der Waals surface area contributed by atoms with Crippen LogP contribution in [0.1, 0.15) is 12.8 Å². The molecule has 0 unspecified atom stereocenters. The lowest BCUT2D eigenvalue weighted by molar-refractivity contribution is 0.0605. The number of aryl methyl sites for hydroxylation is 2. The summed E-state index contributed by atoms with van der Waals surface area (Å²) < 4.78 is 26.4. The van der Waals surface area contributed by atoms with Gasteiger partial charge < -0.3 is 18.9 Å². The molecule has 0 saturated carbocycles. The van der Waals surface area contributed by atoms with E-state index in [0.717, 1.165) is 121 Å². The number of nitrogens with zero attached hydrogens (tertiary/aromatic N) is 2. The highest BCUT2D eigenvalue weighted by molar-refractivity contribution is 8.00. The summed E-state index contributed by atoms with van der Waals surface area (Å²) in [5, 5.41) is 0. The molecule has 0 atom stereocenters. The number of para-hydroxylation sites is 2. The zero-order chi connectivity index (χ0) is 29.9. The number of rotatable bonds is 30. The zero-order valence-electron chi connectivity index (χ0n) is 24.8. The van der Waals surface area contributed by atoms with Gasteiger partial charge in [-0.3, -0.25) is 9.13 Å². The quantitative estimate of drug-likeness (QED) is 0.0821. The molecule has 2 aromatic rings. The Bertz CT molecular complexity index is 892. The van der Waals surface area contributed by atoms with Crippen LogP contribution in [0.5, 0.6) is 0 Å². The van der Waals surface area contributed by atoms with E-state index < -0.39 is 0 Å². The molecule has 0 aliphatic carbocycles. The third-order valence-corrected chi connectivity index (χ3v) is 11.0. The maximum atomic E-state index is 13.3. The number of imidazole rings is 1. The van der Waals surface area contributed by atoms with E-state index in [9.17, 15) is 4.79 Å². The standard InChI is InChI=1S/C29H50N2O5S6/c32-29-30(7-3-19-39-21-13-33-9-11-35-15-23-41-25-17-37)27-5-1-2-6-28(27)31(29)8-4-20-40-22-14-34-10-12-36-16-24-42-26-18-38/h1-2,5-6,37-38H,3-4,7-26H2. The van der Waals surface area contributed by atoms with Crippen LogP contribution in [0.4, 0.5) is 0 Å². The van der Waals surface area contributed by atoms with E-state index in [1.165, 1.54) is 0 Å². The Hall–Kier alpha value is 0.430. The number of fused-ring (bicyclic) bond motifs is 1. The highest BCUT2D eigenvalue weighted by atomic mass is 32.2. The first-order valence-corrected chi connectivity index (χ1v) is 20.7. The highest BCUT2D eigenvalue weighted by Gasteiger charge is 2.12. The van der Waals surface area contributed by atoms with Crippen molar-refractivity contribution in [2.45, 2.75) is 25.9 Å². The summed E-state index contributed by atoms with van der Waals surface area (Å²) in [6, 6.07) is 8.16. The van der Waals surface area contributed by atoms with E-state index in [2.05, 4.69) is 37.4 Å². The smallest absolute Gasteiger partial charge is 0.329 e. The number of hydrogen-bond donors (Lipinski definition) is 2. The summed E-state index contributed by atoms with van der Waals surface area (Å²) in [4.78, 5) is 13.3. The monoisotopic (exact) mass is 698 g/mol. The Balaban J connectivity index is 1.54. The number of aromatic nitrogens is 2. The first kappa shape index (κ1) is 38.6. The molecule has 0 aliphatic rings. The largest absolute Gasteiger partial charge is 0.378 e. The van der Waals surface area contributed by atoms with Crippen LogP contribution in [0, 0.1) is 0 Å². The molecule has 0 amide bonds. The van der Waals surface area contributed by atoms with Crippen molar-refractivity contribution in [3.05, 3.63) is 34.7 Å². The van der Waals surface area contributed by atoms with Crippen molar-refractivity contribution in [2.24, 2.45) is 0 Å². The van der Waals surface area contributed by atoms with Gasteiger partial charge >= 0.3 is 5.69 Å². The van der Waals surface area contributed by atoms with E-state index in [1.54, 1.807) is 0 Å². The normalized spacial score (nSPS) is 11.7. The molecule has 1 aromatic carbocycles. The predicted molar refractivity (Wildman–Crippen MR) is 196 cm³/mol. The lowest BCUT2D eigenvalue weighted by Crippen LogP contribution is -2.25. The Kier molecular flexibility index (Phi) is 25.5. The minimum Gasteiger partial charge on any atom is -0.378 e. The lowest BCUT2D eigenvalue weighted by atomic mass is 10.3. The van der Waals surface area contributed by atoms with Gasteiger partial charge in [0.25, 0.3) is 0 Å². The molecule has 0 radical (unpaired) electrons. The van der Waals surface area contributed by atoms with Crippen molar-refractivity contribution in [1.29, 1.82) is 0 Å². The molecule has 0 saturated heterocycles. The van der Waals surface area contributed by atoms with Gasteiger partial charge in [0.05, 0.1) is 63.9 Å². The molecular weight excluding hydrogens is 649 g/mol. The van der Waals surface area contributed by atoms with E-state index in [4.69, 9.17) is 18.9 Å². The topological polar surface area (TPSA) is 63.9 Å². The molecule has 1 aromatic heterocycles. The summed E-state index contributed by atoms with van der Waals surface area (Å²) in [6.45, 7) is 7.08. The molecule has 42 heavy (non-hydrogen) atoms. The molecule has 0 N–H and O–H groups in total. The molecule has 13 heteroatoms. The average Bonchev–Trinajstić information content (AvgIpc) is 3.27. The Morgan fingerprint density at radius 1 is 0.524 bits per heavy atom. The molecule has 2 rings (SSSR count). The van der Waals surface area contributed by atoms with E-state index in [1.807, 2.05) is 68.3 Å². The van der Waals surface area contributed by atoms with Crippen molar-refractivity contribution in [3.8, 4) is 0 Å². The molecule has 1 heterocycles. The molecule has 0 aliphatic heterocycles. The van der Waals surface area contributed by atoms with Crippen LogP contribution in [-0.2, 0) is 32.0 Å². The second kappa shape index (κ2) is 27.7. The molecule has 7 nitrogen and oxygen atoms in total. The maximum absolute atomic E-state index is 13.3. The van der Waals surface area contributed by atoms with Gasteiger partial charge in [0, 0.05) is 47.6 Å². The Labute approximate surface area is 280 Å². The maximum Gasteiger partial charge on any atom is 0.329 e. The fourth-order valence-electron chi connectivity index (χ4n) is 4.01. The Morgan fingerprint density at radius 3 is 1.24 bits per heavy atom. The summed E-state index contributed by atoms with van der Waals surface area (Å²) in [7, 11) is 0. The molecule has 242 valence electrons. The number of thioether (sulfide) groups is 4. The third kappa shape index (κ3) is 17.8. The van der Waals surface area contributed by atoms with E-state index in [0.29, 0.717) is 26.4 Å². The van der Waals surface area contributed by atoms with Crippen LogP contribution in [0.2, 0.25) is 0 Å². The van der Waals surface area contributed by atoms with Gasteiger partial charge in [0.2, 0.25) is 0 Å². The molecule has 0 bridgehead atoms. The van der Waals surface area contributed by atoms with E-state index in [-0.39, 0.29) is 5.69 Å². The van der Waals surface area contributed by atoms with Crippen molar-refractivity contribution in [3.63, 3.8) is 0 Å². The molecular formula is C29H50N2O5S6. The van der Waals surface area contributed by atoms with Crippen LogP contribution in [0.3, 0.4) is 0 Å². The fourth-order valence-corrected chi connectivity index (χ4v) is 7.47. The first-order chi connectivity index (χ1) is 20.8. The van der Waals surface area contributed by atoms with Crippen LogP contribution in [0.25, 0.3) is 11.0 Å². The zero-order valence-corrected chi connectivity index (χ0v) is 29.9. The fraction of sp³-hybridized carbons (Fsp3) is 0.759. The third-order valence-electron chi connectivity index (χ3n) is 5.97. The van der Waals surface area contributed by atoms with Crippen molar-refractivity contribution in [2.75, 3.05) is 110 Å². The SMILES string of the molecule is O=c1n(CCCSCCOCCOCCSCCS)c2ccccc2n1CCCSCCOCCOCCSCCS. The summed E-state index contributed by atoms with van der Waals surface area (Å²) in [5.74, 6) is 9.94.